The van der Waals surface area contributed by atoms with Crippen molar-refractivity contribution >= 4 is 32.4 Å². The number of thiazole rings is 1. The molecular formula is C16H23N3S. The molecule has 108 valence electrons. The molecule has 1 heterocycles. The van der Waals surface area contributed by atoms with E-state index in [2.05, 4.69) is 18.7 Å². The van der Waals surface area contributed by atoms with Crippen molar-refractivity contribution in [3.05, 3.63) is 18.2 Å². The number of nitrogens with zero attached hydrogens (tertiary/aromatic N) is 2. The molecule has 0 amide bonds. The summed E-state index contributed by atoms with van der Waals surface area (Å²) in [6.07, 6.45) is 5.34. The maximum Gasteiger partial charge on any atom is 0.186 e. The van der Waals surface area contributed by atoms with E-state index in [4.69, 9.17) is 10.7 Å². The van der Waals surface area contributed by atoms with Crippen LogP contribution in [0.5, 0.6) is 0 Å². The molecule has 0 bridgehead atoms. The zero-order valence-corrected chi connectivity index (χ0v) is 13.1. The summed E-state index contributed by atoms with van der Waals surface area (Å²) < 4.78 is 1.20. The zero-order valence-electron chi connectivity index (χ0n) is 12.3. The molecule has 4 heteroatoms. The molecule has 1 aliphatic rings. The highest BCUT2D eigenvalue weighted by molar-refractivity contribution is 7.22. The van der Waals surface area contributed by atoms with E-state index in [1.807, 2.05) is 18.2 Å². The number of nitrogens with two attached hydrogens (primary N) is 1. The molecule has 0 saturated heterocycles. The van der Waals surface area contributed by atoms with E-state index in [1.165, 1.54) is 35.5 Å². The molecule has 2 N–H and O–H groups in total. The number of fused-ring (bicyclic) bond motifs is 1. The molecule has 3 rings (SSSR count). The van der Waals surface area contributed by atoms with E-state index in [0.717, 1.165) is 17.7 Å². The second-order valence-electron chi connectivity index (χ2n) is 6.21. The number of rotatable bonds is 4. The van der Waals surface area contributed by atoms with Crippen LogP contribution in [-0.2, 0) is 0 Å². The SMILES string of the molecule is CC(C)CN(c1nc2ccc(N)cc2s1)C1CCCC1. The number of aromatic nitrogens is 1. The number of hydrogen-bond donors (Lipinski definition) is 1. The number of nitrogen functional groups attached to an aromatic ring is 1. The lowest BCUT2D eigenvalue weighted by Crippen LogP contribution is -2.36. The fraction of sp³-hybridized carbons (Fsp3) is 0.562. The van der Waals surface area contributed by atoms with Crippen molar-refractivity contribution in [2.45, 2.75) is 45.6 Å². The van der Waals surface area contributed by atoms with Gasteiger partial charge in [0.15, 0.2) is 5.13 Å². The first kappa shape index (κ1) is 13.7. The third-order valence-electron chi connectivity index (χ3n) is 3.97. The van der Waals surface area contributed by atoms with Crippen molar-refractivity contribution in [3.63, 3.8) is 0 Å². The fourth-order valence-corrected chi connectivity index (χ4v) is 4.14. The van der Waals surface area contributed by atoms with Gasteiger partial charge >= 0.3 is 0 Å². The Kier molecular flexibility index (Phi) is 3.83. The molecule has 0 spiro atoms. The molecule has 0 aliphatic heterocycles. The van der Waals surface area contributed by atoms with Crippen LogP contribution in [-0.4, -0.2) is 17.6 Å². The molecule has 1 aromatic heterocycles. The Bertz CT molecular complexity index is 584. The van der Waals surface area contributed by atoms with Crippen LogP contribution in [0.3, 0.4) is 0 Å². The Balaban J connectivity index is 1.94. The highest BCUT2D eigenvalue weighted by atomic mass is 32.1. The highest BCUT2D eigenvalue weighted by Gasteiger charge is 2.25. The number of hydrogen-bond acceptors (Lipinski definition) is 4. The van der Waals surface area contributed by atoms with Crippen LogP contribution in [0, 0.1) is 5.92 Å². The minimum absolute atomic E-state index is 0.660. The van der Waals surface area contributed by atoms with Gasteiger partial charge in [0.25, 0.3) is 0 Å². The first-order valence-corrected chi connectivity index (χ1v) is 8.38. The monoisotopic (exact) mass is 289 g/mol. The lowest BCUT2D eigenvalue weighted by molar-refractivity contribution is 0.535. The first-order chi connectivity index (χ1) is 9.63. The van der Waals surface area contributed by atoms with Crippen LogP contribution >= 0.6 is 11.3 Å². The Morgan fingerprint density at radius 2 is 2.10 bits per heavy atom. The maximum atomic E-state index is 5.88. The average Bonchev–Trinajstić information content (AvgIpc) is 3.04. The first-order valence-electron chi connectivity index (χ1n) is 7.56. The normalized spacial score (nSPS) is 16.4. The van der Waals surface area contributed by atoms with Gasteiger partial charge in [-0.1, -0.05) is 38.0 Å². The summed E-state index contributed by atoms with van der Waals surface area (Å²) >= 11 is 1.78. The van der Waals surface area contributed by atoms with Crippen LogP contribution in [0.1, 0.15) is 39.5 Å². The van der Waals surface area contributed by atoms with Gasteiger partial charge in [-0.2, -0.15) is 0 Å². The van der Waals surface area contributed by atoms with Gasteiger partial charge < -0.3 is 10.6 Å². The third kappa shape index (κ3) is 2.75. The fourth-order valence-electron chi connectivity index (χ4n) is 3.04. The van der Waals surface area contributed by atoms with E-state index in [0.29, 0.717) is 12.0 Å². The standard InChI is InChI=1S/C16H23N3S/c1-11(2)10-19(13-5-3-4-6-13)16-18-14-8-7-12(17)9-15(14)20-16/h7-9,11,13H,3-6,10,17H2,1-2H3. The van der Waals surface area contributed by atoms with Crippen LogP contribution in [0.25, 0.3) is 10.2 Å². The van der Waals surface area contributed by atoms with Gasteiger partial charge in [0, 0.05) is 18.3 Å². The van der Waals surface area contributed by atoms with E-state index >= 15 is 0 Å². The predicted octanol–water partition coefficient (Wildman–Crippen LogP) is 4.28. The molecule has 0 atom stereocenters. The van der Waals surface area contributed by atoms with Gasteiger partial charge in [-0.25, -0.2) is 4.98 Å². The molecule has 1 fully saturated rings. The molecule has 2 aromatic rings. The quantitative estimate of drug-likeness (QED) is 0.854. The van der Waals surface area contributed by atoms with Crippen molar-refractivity contribution in [2.24, 2.45) is 5.92 Å². The smallest absolute Gasteiger partial charge is 0.186 e. The third-order valence-corrected chi connectivity index (χ3v) is 5.03. The van der Waals surface area contributed by atoms with Gasteiger partial charge in [0.1, 0.15) is 0 Å². The van der Waals surface area contributed by atoms with E-state index in [9.17, 15) is 0 Å². The Hall–Kier alpha value is -1.29. The second kappa shape index (κ2) is 5.60. The summed E-state index contributed by atoms with van der Waals surface area (Å²) in [6.45, 7) is 5.67. The molecule has 1 aliphatic carbocycles. The lowest BCUT2D eigenvalue weighted by Gasteiger charge is -2.30. The van der Waals surface area contributed by atoms with Gasteiger partial charge in [0.2, 0.25) is 0 Å². The zero-order chi connectivity index (χ0) is 14.1. The lowest BCUT2D eigenvalue weighted by atomic mass is 10.1. The molecule has 0 unspecified atom stereocenters. The van der Waals surface area contributed by atoms with Crippen LogP contribution in [0.15, 0.2) is 18.2 Å². The Morgan fingerprint density at radius 3 is 2.80 bits per heavy atom. The van der Waals surface area contributed by atoms with Crippen molar-refractivity contribution < 1.29 is 0 Å². The van der Waals surface area contributed by atoms with Gasteiger partial charge in [-0.05, 0) is 37.0 Å². The number of anilines is 2. The minimum Gasteiger partial charge on any atom is -0.399 e. The Morgan fingerprint density at radius 1 is 1.35 bits per heavy atom. The molecular weight excluding hydrogens is 266 g/mol. The van der Waals surface area contributed by atoms with Crippen molar-refractivity contribution in [1.82, 2.24) is 4.98 Å². The summed E-state index contributed by atoms with van der Waals surface area (Å²) in [7, 11) is 0. The largest absolute Gasteiger partial charge is 0.399 e. The Labute approximate surface area is 124 Å². The van der Waals surface area contributed by atoms with Crippen LogP contribution < -0.4 is 10.6 Å². The molecule has 1 saturated carbocycles. The second-order valence-corrected chi connectivity index (χ2v) is 7.22. The molecule has 0 radical (unpaired) electrons. The topological polar surface area (TPSA) is 42.2 Å². The summed E-state index contributed by atoms with van der Waals surface area (Å²) in [5.74, 6) is 0.660. The van der Waals surface area contributed by atoms with E-state index in [1.54, 1.807) is 11.3 Å². The molecule has 20 heavy (non-hydrogen) atoms. The minimum atomic E-state index is 0.660. The summed E-state index contributed by atoms with van der Waals surface area (Å²) in [4.78, 5) is 7.38. The summed E-state index contributed by atoms with van der Waals surface area (Å²) in [6, 6.07) is 6.69. The average molecular weight is 289 g/mol. The van der Waals surface area contributed by atoms with Crippen molar-refractivity contribution in [3.8, 4) is 0 Å². The van der Waals surface area contributed by atoms with Gasteiger partial charge in [0.05, 0.1) is 10.2 Å². The van der Waals surface area contributed by atoms with Crippen LogP contribution in [0.4, 0.5) is 10.8 Å². The molecule has 1 aromatic carbocycles. The van der Waals surface area contributed by atoms with Crippen molar-refractivity contribution in [1.29, 1.82) is 0 Å². The van der Waals surface area contributed by atoms with E-state index < -0.39 is 0 Å². The summed E-state index contributed by atoms with van der Waals surface area (Å²) in [5, 5.41) is 1.17. The number of benzene rings is 1. The summed E-state index contributed by atoms with van der Waals surface area (Å²) in [5.41, 5.74) is 7.78. The van der Waals surface area contributed by atoms with Gasteiger partial charge in [-0.3, -0.25) is 0 Å². The molecule has 3 nitrogen and oxygen atoms in total. The van der Waals surface area contributed by atoms with Crippen LogP contribution in [0.2, 0.25) is 0 Å². The van der Waals surface area contributed by atoms with Crippen molar-refractivity contribution in [2.75, 3.05) is 17.2 Å². The maximum absolute atomic E-state index is 5.88. The van der Waals surface area contributed by atoms with E-state index in [-0.39, 0.29) is 0 Å². The predicted molar refractivity (Wildman–Crippen MR) is 88.5 cm³/mol. The highest BCUT2D eigenvalue weighted by Crippen LogP contribution is 2.35. The van der Waals surface area contributed by atoms with Gasteiger partial charge in [-0.15, -0.1) is 0 Å².